The van der Waals surface area contributed by atoms with Crippen LogP contribution in [0.3, 0.4) is 0 Å². The van der Waals surface area contributed by atoms with E-state index < -0.39 is 0 Å². The highest BCUT2D eigenvalue weighted by molar-refractivity contribution is 9.10. The molecule has 1 aliphatic rings. The molecule has 0 radical (unpaired) electrons. The molecule has 19 heavy (non-hydrogen) atoms. The van der Waals surface area contributed by atoms with Crippen LogP contribution in [-0.2, 0) is 0 Å². The number of hydrogen-bond donors (Lipinski definition) is 0. The van der Waals surface area contributed by atoms with Crippen molar-refractivity contribution in [3.05, 3.63) is 38.9 Å². The Morgan fingerprint density at radius 1 is 1.42 bits per heavy atom. The van der Waals surface area contributed by atoms with E-state index in [1.165, 1.54) is 17.7 Å². The first-order valence-corrected chi connectivity index (χ1v) is 8.13. The second-order valence-electron chi connectivity index (χ2n) is 4.98. The van der Waals surface area contributed by atoms with Crippen molar-refractivity contribution in [2.75, 3.05) is 11.9 Å². The molecule has 1 aliphatic carbocycles. The first kappa shape index (κ1) is 13.1. The first-order chi connectivity index (χ1) is 9.15. The Balaban J connectivity index is 1.88. The number of rotatable bonds is 4. The van der Waals surface area contributed by atoms with Gasteiger partial charge in [-0.25, -0.2) is 9.97 Å². The van der Waals surface area contributed by atoms with Crippen molar-refractivity contribution in [1.29, 1.82) is 0 Å². The average Bonchev–Trinajstić information content (AvgIpc) is 3.12. The minimum Gasteiger partial charge on any atom is -0.352 e. The fourth-order valence-corrected chi connectivity index (χ4v) is 3.26. The fraction of sp³-hybridized carbons (Fsp3) is 0.429. The van der Waals surface area contributed by atoms with Gasteiger partial charge >= 0.3 is 0 Å². The number of aromatic nitrogens is 2. The summed E-state index contributed by atoms with van der Waals surface area (Å²) in [7, 11) is 2.09. The number of thiophene rings is 1. The standard InChI is InChI=1S/C14H16BrN3S/c1-9(11-4-3-7-19-11)18(2)13-8-12(15)16-14(17-13)10-5-6-10/h3-4,7-10H,5-6H2,1-2H3. The molecule has 0 bridgehead atoms. The van der Waals surface area contributed by atoms with Crippen LogP contribution in [0.5, 0.6) is 0 Å². The Kier molecular flexibility index (Phi) is 3.58. The van der Waals surface area contributed by atoms with Gasteiger partial charge in [0, 0.05) is 23.9 Å². The van der Waals surface area contributed by atoms with Gasteiger partial charge in [-0.15, -0.1) is 11.3 Å². The zero-order valence-electron chi connectivity index (χ0n) is 11.0. The van der Waals surface area contributed by atoms with Gasteiger partial charge in [0.05, 0.1) is 6.04 Å². The summed E-state index contributed by atoms with van der Waals surface area (Å²) in [4.78, 5) is 12.8. The minimum absolute atomic E-state index is 0.328. The zero-order chi connectivity index (χ0) is 13.4. The first-order valence-electron chi connectivity index (χ1n) is 6.46. The third-order valence-electron chi connectivity index (χ3n) is 3.54. The quantitative estimate of drug-likeness (QED) is 0.775. The third-order valence-corrected chi connectivity index (χ3v) is 4.99. The molecule has 3 rings (SSSR count). The topological polar surface area (TPSA) is 29.0 Å². The Bertz CT molecular complexity index is 566. The largest absolute Gasteiger partial charge is 0.352 e. The van der Waals surface area contributed by atoms with Crippen LogP contribution in [-0.4, -0.2) is 17.0 Å². The van der Waals surface area contributed by atoms with Gasteiger partial charge in [0.1, 0.15) is 16.2 Å². The van der Waals surface area contributed by atoms with E-state index in [2.05, 4.69) is 57.3 Å². The van der Waals surface area contributed by atoms with Crippen LogP contribution in [0.2, 0.25) is 0 Å². The van der Waals surface area contributed by atoms with Crippen LogP contribution in [0, 0.1) is 0 Å². The average molecular weight is 338 g/mol. The van der Waals surface area contributed by atoms with Gasteiger partial charge in [-0.2, -0.15) is 0 Å². The highest BCUT2D eigenvalue weighted by Crippen LogP contribution is 2.39. The summed E-state index contributed by atoms with van der Waals surface area (Å²) in [6.07, 6.45) is 2.44. The van der Waals surface area contributed by atoms with E-state index in [0.717, 1.165) is 16.2 Å². The molecule has 3 nitrogen and oxygen atoms in total. The lowest BCUT2D eigenvalue weighted by Gasteiger charge is -2.25. The van der Waals surface area contributed by atoms with Crippen molar-refractivity contribution >= 4 is 33.1 Å². The monoisotopic (exact) mass is 337 g/mol. The molecule has 1 unspecified atom stereocenters. The predicted octanol–water partition coefficient (Wildman–Crippen LogP) is 4.38. The zero-order valence-corrected chi connectivity index (χ0v) is 13.4. The molecule has 0 spiro atoms. The van der Waals surface area contributed by atoms with E-state index in [0.29, 0.717) is 12.0 Å². The van der Waals surface area contributed by atoms with Crippen LogP contribution in [0.25, 0.3) is 0 Å². The summed E-state index contributed by atoms with van der Waals surface area (Å²) in [5.41, 5.74) is 0. The highest BCUT2D eigenvalue weighted by atomic mass is 79.9. The summed E-state index contributed by atoms with van der Waals surface area (Å²) >= 11 is 5.28. The van der Waals surface area contributed by atoms with Crippen molar-refractivity contribution in [2.45, 2.75) is 31.7 Å². The van der Waals surface area contributed by atoms with Gasteiger partial charge < -0.3 is 4.90 Å². The van der Waals surface area contributed by atoms with Gasteiger partial charge in [0.2, 0.25) is 0 Å². The Labute approximate surface area is 125 Å². The maximum atomic E-state index is 4.72. The minimum atomic E-state index is 0.328. The molecule has 0 aliphatic heterocycles. The van der Waals surface area contributed by atoms with Crippen LogP contribution in [0.4, 0.5) is 5.82 Å². The maximum absolute atomic E-state index is 4.72. The van der Waals surface area contributed by atoms with Crippen molar-refractivity contribution in [2.24, 2.45) is 0 Å². The van der Waals surface area contributed by atoms with Gasteiger partial charge in [-0.3, -0.25) is 0 Å². The molecular formula is C14H16BrN3S. The second-order valence-corrected chi connectivity index (χ2v) is 6.78. The van der Waals surface area contributed by atoms with Gasteiger partial charge in [-0.1, -0.05) is 6.07 Å². The van der Waals surface area contributed by atoms with E-state index in [-0.39, 0.29) is 0 Å². The third kappa shape index (κ3) is 2.82. The molecule has 1 atom stereocenters. The fourth-order valence-electron chi connectivity index (χ4n) is 2.05. The molecule has 0 saturated heterocycles. The van der Waals surface area contributed by atoms with Crippen LogP contribution < -0.4 is 4.90 Å². The molecule has 5 heteroatoms. The number of hydrogen-bond acceptors (Lipinski definition) is 4. The summed E-state index contributed by atoms with van der Waals surface area (Å²) in [5, 5.41) is 2.12. The Hall–Kier alpha value is -0.940. The smallest absolute Gasteiger partial charge is 0.135 e. The molecule has 0 amide bonds. The van der Waals surface area contributed by atoms with E-state index in [9.17, 15) is 0 Å². The van der Waals surface area contributed by atoms with Crippen molar-refractivity contribution in [1.82, 2.24) is 9.97 Å². The van der Waals surface area contributed by atoms with Gasteiger partial charge in [-0.05, 0) is 47.1 Å². The molecule has 100 valence electrons. The second kappa shape index (κ2) is 5.21. The number of halogens is 1. The van der Waals surface area contributed by atoms with Crippen molar-refractivity contribution in [3.63, 3.8) is 0 Å². The molecule has 0 N–H and O–H groups in total. The molecular weight excluding hydrogens is 322 g/mol. The van der Waals surface area contributed by atoms with E-state index in [1.807, 2.05) is 6.07 Å². The Morgan fingerprint density at radius 3 is 2.84 bits per heavy atom. The molecule has 2 aromatic heterocycles. The van der Waals surface area contributed by atoms with Crippen LogP contribution >= 0.6 is 27.3 Å². The SMILES string of the molecule is CC(c1cccs1)N(C)c1cc(Br)nc(C2CC2)n1. The lowest BCUT2D eigenvalue weighted by molar-refractivity contribution is 0.732. The van der Waals surface area contributed by atoms with Gasteiger partial charge in [0.15, 0.2) is 0 Å². The van der Waals surface area contributed by atoms with Crippen molar-refractivity contribution in [3.8, 4) is 0 Å². The summed E-state index contributed by atoms with van der Waals surface area (Å²) in [6, 6.07) is 6.59. The highest BCUT2D eigenvalue weighted by Gasteiger charge is 2.28. The van der Waals surface area contributed by atoms with Gasteiger partial charge in [0.25, 0.3) is 0 Å². The van der Waals surface area contributed by atoms with E-state index >= 15 is 0 Å². The Morgan fingerprint density at radius 2 is 2.21 bits per heavy atom. The predicted molar refractivity (Wildman–Crippen MR) is 82.8 cm³/mol. The van der Waals surface area contributed by atoms with Crippen molar-refractivity contribution < 1.29 is 0 Å². The lowest BCUT2D eigenvalue weighted by atomic mass is 10.2. The molecule has 1 fully saturated rings. The van der Waals surface area contributed by atoms with Crippen LogP contribution in [0.1, 0.15) is 42.4 Å². The number of nitrogens with zero attached hydrogens (tertiary/aromatic N) is 3. The van der Waals surface area contributed by atoms with Crippen LogP contribution in [0.15, 0.2) is 28.2 Å². The van der Waals surface area contributed by atoms with E-state index in [4.69, 9.17) is 4.98 Å². The molecule has 2 heterocycles. The summed E-state index contributed by atoms with van der Waals surface area (Å²) < 4.78 is 0.879. The molecule has 2 aromatic rings. The normalized spacial score (nSPS) is 16.4. The summed E-state index contributed by atoms with van der Waals surface area (Å²) in [6.45, 7) is 2.21. The lowest BCUT2D eigenvalue weighted by Crippen LogP contribution is -2.22. The van der Waals surface area contributed by atoms with E-state index in [1.54, 1.807) is 11.3 Å². The molecule has 1 saturated carbocycles. The molecule has 0 aromatic carbocycles. The summed E-state index contributed by atoms with van der Waals surface area (Å²) in [5.74, 6) is 2.54. The number of anilines is 1. The maximum Gasteiger partial charge on any atom is 0.135 e.